The van der Waals surface area contributed by atoms with Crippen LogP contribution in [0.2, 0.25) is 0 Å². The molecule has 6 nitrogen and oxygen atoms in total. The highest BCUT2D eigenvalue weighted by Gasteiger charge is 2.10. The summed E-state index contributed by atoms with van der Waals surface area (Å²) < 4.78 is 5.17. The summed E-state index contributed by atoms with van der Waals surface area (Å²) in [6.07, 6.45) is 3.47. The van der Waals surface area contributed by atoms with Crippen molar-refractivity contribution in [2.45, 2.75) is 0 Å². The highest BCUT2D eigenvalue weighted by Crippen LogP contribution is 2.28. The average Bonchev–Trinajstić information content (AvgIpc) is 2.90. The summed E-state index contributed by atoms with van der Waals surface area (Å²) in [5.41, 5.74) is 8.11. The highest BCUT2D eigenvalue weighted by molar-refractivity contribution is 5.93. The minimum atomic E-state index is 0.229. The van der Waals surface area contributed by atoms with Crippen LogP contribution in [0.25, 0.3) is 22.2 Å². The largest absolute Gasteiger partial charge is 0.497 e. The van der Waals surface area contributed by atoms with Gasteiger partial charge in [-0.15, -0.1) is 0 Å². The van der Waals surface area contributed by atoms with Gasteiger partial charge in [-0.1, -0.05) is 0 Å². The number of hydrogen-bond acceptors (Lipinski definition) is 5. The monoisotopic (exact) mass is 241 g/mol. The van der Waals surface area contributed by atoms with Gasteiger partial charge >= 0.3 is 0 Å². The van der Waals surface area contributed by atoms with Gasteiger partial charge in [0, 0.05) is 23.2 Å². The topological polar surface area (TPSA) is 89.7 Å². The van der Waals surface area contributed by atoms with Crippen LogP contribution in [0, 0.1) is 0 Å². The zero-order chi connectivity index (χ0) is 12.5. The van der Waals surface area contributed by atoms with E-state index in [4.69, 9.17) is 10.5 Å². The summed E-state index contributed by atoms with van der Waals surface area (Å²) in [5, 5.41) is 7.59. The van der Waals surface area contributed by atoms with Crippen molar-refractivity contribution in [2.24, 2.45) is 0 Å². The molecule has 0 saturated carbocycles. The first kappa shape index (κ1) is 10.5. The molecule has 6 heteroatoms. The molecule has 18 heavy (non-hydrogen) atoms. The van der Waals surface area contributed by atoms with Crippen LogP contribution in [0.5, 0.6) is 5.75 Å². The van der Waals surface area contributed by atoms with Crippen molar-refractivity contribution < 1.29 is 4.74 Å². The Morgan fingerprint density at radius 2 is 2.17 bits per heavy atom. The van der Waals surface area contributed by atoms with Gasteiger partial charge in [-0.25, -0.2) is 9.97 Å². The van der Waals surface area contributed by atoms with Crippen molar-refractivity contribution in [3.05, 3.63) is 30.6 Å². The fourth-order valence-corrected chi connectivity index (χ4v) is 1.85. The van der Waals surface area contributed by atoms with Crippen molar-refractivity contribution in [1.29, 1.82) is 0 Å². The molecule has 0 spiro atoms. The summed E-state index contributed by atoms with van der Waals surface area (Å²) in [4.78, 5) is 8.48. The van der Waals surface area contributed by atoms with Crippen LogP contribution in [0.1, 0.15) is 0 Å². The molecule has 2 heterocycles. The lowest BCUT2D eigenvalue weighted by Gasteiger charge is -2.06. The first-order valence-corrected chi connectivity index (χ1v) is 5.38. The molecule has 3 N–H and O–H groups in total. The molecule has 0 radical (unpaired) electrons. The van der Waals surface area contributed by atoms with E-state index in [1.54, 1.807) is 19.5 Å². The van der Waals surface area contributed by atoms with Gasteiger partial charge in [0.15, 0.2) is 0 Å². The maximum Gasteiger partial charge on any atom is 0.221 e. The molecule has 0 atom stereocenters. The smallest absolute Gasteiger partial charge is 0.221 e. The Morgan fingerprint density at radius 1 is 1.28 bits per heavy atom. The maximum absolute atomic E-state index is 5.73. The van der Waals surface area contributed by atoms with E-state index in [2.05, 4.69) is 20.2 Å². The van der Waals surface area contributed by atoms with Crippen molar-refractivity contribution >= 4 is 16.9 Å². The maximum atomic E-state index is 5.73. The lowest BCUT2D eigenvalue weighted by Crippen LogP contribution is -1.98. The Hall–Kier alpha value is -2.63. The lowest BCUT2D eigenvalue weighted by molar-refractivity contribution is 0.415. The molecular formula is C12H11N5O. The Balaban J connectivity index is 2.31. The summed E-state index contributed by atoms with van der Waals surface area (Å²) >= 11 is 0. The number of methoxy groups -OCH3 is 1. The summed E-state index contributed by atoms with van der Waals surface area (Å²) in [7, 11) is 1.61. The number of hydrogen-bond donors (Lipinski definition) is 2. The Bertz CT molecular complexity index is 693. The average molecular weight is 241 g/mol. The van der Waals surface area contributed by atoms with E-state index in [0.717, 1.165) is 27.9 Å². The number of H-pyrrole nitrogens is 1. The van der Waals surface area contributed by atoms with Crippen LogP contribution in [-0.4, -0.2) is 27.3 Å². The van der Waals surface area contributed by atoms with Crippen molar-refractivity contribution in [2.75, 3.05) is 12.8 Å². The molecule has 0 aliphatic carbocycles. The van der Waals surface area contributed by atoms with Gasteiger partial charge in [0.1, 0.15) is 5.75 Å². The number of rotatable bonds is 2. The number of nitrogen functional groups attached to an aromatic ring is 1. The Kier molecular flexibility index (Phi) is 2.33. The molecule has 0 amide bonds. The molecule has 0 saturated heterocycles. The molecular weight excluding hydrogens is 230 g/mol. The summed E-state index contributed by atoms with van der Waals surface area (Å²) in [6.45, 7) is 0. The molecule has 2 aromatic heterocycles. The van der Waals surface area contributed by atoms with Gasteiger partial charge in [-0.05, 0) is 12.1 Å². The Morgan fingerprint density at radius 3 is 2.89 bits per heavy atom. The molecule has 0 fully saturated rings. The minimum absolute atomic E-state index is 0.229. The fraction of sp³-hybridized carbons (Fsp3) is 0.0833. The molecule has 90 valence electrons. The third-order valence-electron chi connectivity index (χ3n) is 2.69. The number of benzene rings is 1. The lowest BCUT2D eigenvalue weighted by atomic mass is 10.1. The van der Waals surface area contributed by atoms with Crippen molar-refractivity contribution in [3.8, 4) is 17.0 Å². The van der Waals surface area contributed by atoms with Gasteiger partial charge in [0.25, 0.3) is 0 Å². The normalized spacial score (nSPS) is 10.7. The van der Waals surface area contributed by atoms with Crippen LogP contribution in [-0.2, 0) is 0 Å². The predicted molar refractivity (Wildman–Crippen MR) is 68.1 cm³/mol. The number of aromatic amines is 1. The van der Waals surface area contributed by atoms with Crippen molar-refractivity contribution in [1.82, 2.24) is 20.2 Å². The number of ether oxygens (including phenoxy) is 1. The second-order valence-electron chi connectivity index (χ2n) is 3.80. The van der Waals surface area contributed by atoms with E-state index >= 15 is 0 Å². The van der Waals surface area contributed by atoms with Crippen LogP contribution >= 0.6 is 0 Å². The highest BCUT2D eigenvalue weighted by atomic mass is 16.5. The third-order valence-corrected chi connectivity index (χ3v) is 2.69. The number of aromatic nitrogens is 4. The van der Waals surface area contributed by atoms with Gasteiger partial charge in [0.2, 0.25) is 5.95 Å². The SMILES string of the molecule is COc1ccc2c(-c3cn[nH]c3)nc(N)nc2c1. The van der Waals surface area contributed by atoms with Gasteiger partial charge in [-0.3, -0.25) is 5.10 Å². The van der Waals surface area contributed by atoms with E-state index < -0.39 is 0 Å². The van der Waals surface area contributed by atoms with E-state index in [0.29, 0.717) is 0 Å². The number of fused-ring (bicyclic) bond motifs is 1. The number of nitrogens with one attached hydrogen (secondary N) is 1. The zero-order valence-electron chi connectivity index (χ0n) is 9.71. The molecule has 1 aromatic carbocycles. The number of anilines is 1. The van der Waals surface area contributed by atoms with E-state index in [1.807, 2.05) is 18.2 Å². The van der Waals surface area contributed by atoms with E-state index in [-0.39, 0.29) is 5.95 Å². The minimum Gasteiger partial charge on any atom is -0.497 e. The van der Waals surface area contributed by atoms with Gasteiger partial charge in [-0.2, -0.15) is 5.10 Å². The standard InChI is InChI=1S/C12H11N5O/c1-18-8-2-3-9-10(4-8)16-12(13)17-11(9)7-5-14-15-6-7/h2-6H,1H3,(H,14,15)(H2,13,16,17). The molecule has 0 aliphatic rings. The summed E-state index contributed by atoms with van der Waals surface area (Å²) in [5.74, 6) is 0.964. The second-order valence-corrected chi connectivity index (χ2v) is 3.80. The zero-order valence-corrected chi connectivity index (χ0v) is 9.71. The molecule has 3 aromatic rings. The third kappa shape index (κ3) is 1.64. The second kappa shape index (κ2) is 3.99. The fourth-order valence-electron chi connectivity index (χ4n) is 1.85. The Labute approximate surface area is 103 Å². The first-order chi connectivity index (χ1) is 8.78. The predicted octanol–water partition coefficient (Wildman–Crippen LogP) is 1.61. The van der Waals surface area contributed by atoms with Crippen molar-refractivity contribution in [3.63, 3.8) is 0 Å². The molecule has 0 bridgehead atoms. The summed E-state index contributed by atoms with van der Waals surface area (Å²) in [6, 6.07) is 5.61. The number of nitrogens with two attached hydrogens (primary N) is 1. The van der Waals surface area contributed by atoms with Crippen LogP contribution in [0.3, 0.4) is 0 Å². The quantitative estimate of drug-likeness (QED) is 0.711. The van der Waals surface area contributed by atoms with E-state index in [9.17, 15) is 0 Å². The molecule has 0 aliphatic heterocycles. The van der Waals surface area contributed by atoms with Crippen LogP contribution in [0.15, 0.2) is 30.6 Å². The van der Waals surface area contributed by atoms with Crippen LogP contribution in [0.4, 0.5) is 5.95 Å². The van der Waals surface area contributed by atoms with E-state index in [1.165, 1.54) is 0 Å². The number of nitrogens with zero attached hydrogens (tertiary/aromatic N) is 3. The molecule has 3 rings (SSSR count). The van der Waals surface area contributed by atoms with Crippen LogP contribution < -0.4 is 10.5 Å². The molecule has 0 unspecified atom stereocenters. The first-order valence-electron chi connectivity index (χ1n) is 5.38. The van der Waals surface area contributed by atoms with Gasteiger partial charge in [0.05, 0.1) is 24.5 Å². The van der Waals surface area contributed by atoms with Gasteiger partial charge < -0.3 is 10.5 Å².